The lowest BCUT2D eigenvalue weighted by molar-refractivity contribution is 0.106. The molecule has 0 aromatic carbocycles. The minimum absolute atomic E-state index is 0.305. The van der Waals surface area contributed by atoms with Crippen molar-refractivity contribution >= 4 is 0 Å². The normalized spacial score (nSPS) is 35.6. The van der Waals surface area contributed by atoms with Crippen LogP contribution in [0.3, 0.4) is 0 Å². The van der Waals surface area contributed by atoms with Gasteiger partial charge in [0.25, 0.3) is 0 Å². The number of hydrogen-bond acceptors (Lipinski definition) is 3. The first-order chi connectivity index (χ1) is 7.27. The van der Waals surface area contributed by atoms with Gasteiger partial charge in [0.05, 0.1) is 0 Å². The van der Waals surface area contributed by atoms with Crippen LogP contribution < -0.4 is 5.73 Å². The Labute approximate surface area is 93.6 Å². The van der Waals surface area contributed by atoms with Crippen LogP contribution >= 0.6 is 0 Å². The molecule has 2 N–H and O–H groups in total. The first kappa shape index (κ1) is 11.4. The van der Waals surface area contributed by atoms with Gasteiger partial charge in [-0.2, -0.15) is 0 Å². The molecule has 2 aliphatic rings. The van der Waals surface area contributed by atoms with E-state index in [1.165, 1.54) is 58.3 Å². The Kier molecular flexibility index (Phi) is 3.65. The Morgan fingerprint density at radius 2 is 1.73 bits per heavy atom. The van der Waals surface area contributed by atoms with Crippen molar-refractivity contribution < 1.29 is 0 Å². The average molecular weight is 211 g/mol. The van der Waals surface area contributed by atoms with Crippen LogP contribution in [0.1, 0.15) is 32.1 Å². The molecule has 0 amide bonds. The maximum atomic E-state index is 6.04. The molecular weight excluding hydrogens is 186 g/mol. The molecule has 15 heavy (non-hydrogen) atoms. The molecule has 3 nitrogen and oxygen atoms in total. The number of likely N-dealkylation sites (tertiary alicyclic amines) is 2. The predicted octanol–water partition coefficient (Wildman–Crippen LogP) is 0.895. The third-order valence-electron chi connectivity index (χ3n) is 4.18. The second kappa shape index (κ2) is 4.81. The monoisotopic (exact) mass is 211 g/mol. The molecule has 0 saturated carbocycles. The van der Waals surface area contributed by atoms with Gasteiger partial charge in [-0.15, -0.1) is 0 Å². The van der Waals surface area contributed by atoms with Crippen LogP contribution in [0.2, 0.25) is 0 Å². The average Bonchev–Trinajstić information content (AvgIpc) is 2.49. The Hall–Kier alpha value is -0.120. The van der Waals surface area contributed by atoms with Crippen LogP contribution in [-0.2, 0) is 0 Å². The molecule has 88 valence electrons. The van der Waals surface area contributed by atoms with Gasteiger partial charge in [0.15, 0.2) is 0 Å². The van der Waals surface area contributed by atoms with Crippen molar-refractivity contribution in [1.82, 2.24) is 9.80 Å². The first-order valence-electron chi connectivity index (χ1n) is 6.40. The highest BCUT2D eigenvalue weighted by Crippen LogP contribution is 2.28. The van der Waals surface area contributed by atoms with Crippen LogP contribution in [0.15, 0.2) is 0 Å². The zero-order valence-corrected chi connectivity index (χ0v) is 10.0. The molecular formula is C12H25N3. The number of nitrogens with zero attached hydrogens (tertiary/aromatic N) is 2. The van der Waals surface area contributed by atoms with E-state index in [0.717, 1.165) is 6.54 Å². The van der Waals surface area contributed by atoms with Gasteiger partial charge < -0.3 is 10.6 Å². The van der Waals surface area contributed by atoms with Crippen molar-refractivity contribution in [2.75, 3.05) is 39.8 Å². The fourth-order valence-corrected chi connectivity index (χ4v) is 3.16. The molecule has 3 heteroatoms. The Morgan fingerprint density at radius 3 is 2.20 bits per heavy atom. The summed E-state index contributed by atoms with van der Waals surface area (Å²) in [6.45, 7) is 5.75. The van der Waals surface area contributed by atoms with Crippen LogP contribution in [0.5, 0.6) is 0 Å². The van der Waals surface area contributed by atoms with Crippen molar-refractivity contribution in [3.63, 3.8) is 0 Å². The molecule has 0 aliphatic carbocycles. The molecule has 2 heterocycles. The summed E-state index contributed by atoms with van der Waals surface area (Å²) in [7, 11) is 2.22. The van der Waals surface area contributed by atoms with Crippen molar-refractivity contribution in [2.45, 2.75) is 37.6 Å². The van der Waals surface area contributed by atoms with Gasteiger partial charge in [0.2, 0.25) is 0 Å². The Bertz CT molecular complexity index is 199. The van der Waals surface area contributed by atoms with E-state index in [9.17, 15) is 0 Å². The van der Waals surface area contributed by atoms with Crippen molar-refractivity contribution in [2.24, 2.45) is 5.73 Å². The SMILES string of the molecule is CN1CCC(CN)(N2CCCCCC2)C1. The van der Waals surface area contributed by atoms with Crippen molar-refractivity contribution in [3.05, 3.63) is 0 Å². The van der Waals surface area contributed by atoms with E-state index < -0.39 is 0 Å². The predicted molar refractivity (Wildman–Crippen MR) is 63.9 cm³/mol. The lowest BCUT2D eigenvalue weighted by Gasteiger charge is -2.40. The van der Waals surface area contributed by atoms with Gasteiger partial charge in [0, 0.05) is 18.6 Å². The van der Waals surface area contributed by atoms with E-state index in [0.29, 0.717) is 5.54 Å². The molecule has 0 aromatic rings. The standard InChI is InChI=1S/C12H25N3/c1-14-9-6-12(10-13,11-14)15-7-4-2-3-5-8-15/h2-11,13H2,1H3. The fourth-order valence-electron chi connectivity index (χ4n) is 3.16. The van der Waals surface area contributed by atoms with Crippen LogP contribution in [0, 0.1) is 0 Å². The summed E-state index contributed by atoms with van der Waals surface area (Å²) in [5.41, 5.74) is 6.35. The lowest BCUT2D eigenvalue weighted by atomic mass is 9.95. The van der Waals surface area contributed by atoms with E-state index in [2.05, 4.69) is 16.8 Å². The van der Waals surface area contributed by atoms with E-state index in [1.54, 1.807) is 0 Å². The maximum absolute atomic E-state index is 6.04. The molecule has 0 bridgehead atoms. The minimum atomic E-state index is 0.305. The second-order valence-corrected chi connectivity index (χ2v) is 5.32. The largest absolute Gasteiger partial charge is 0.329 e. The summed E-state index contributed by atoms with van der Waals surface area (Å²) >= 11 is 0. The van der Waals surface area contributed by atoms with E-state index in [-0.39, 0.29) is 0 Å². The molecule has 0 radical (unpaired) electrons. The highest BCUT2D eigenvalue weighted by atomic mass is 15.3. The third-order valence-corrected chi connectivity index (χ3v) is 4.18. The molecule has 0 spiro atoms. The number of rotatable bonds is 2. The van der Waals surface area contributed by atoms with E-state index in [1.807, 2.05) is 0 Å². The molecule has 2 aliphatic heterocycles. The van der Waals surface area contributed by atoms with Crippen LogP contribution in [0.4, 0.5) is 0 Å². The Balaban J connectivity index is 2.03. The van der Waals surface area contributed by atoms with Gasteiger partial charge in [-0.3, -0.25) is 4.90 Å². The first-order valence-corrected chi connectivity index (χ1v) is 6.40. The third kappa shape index (κ3) is 2.35. The second-order valence-electron chi connectivity index (χ2n) is 5.32. The summed E-state index contributed by atoms with van der Waals surface area (Å²) in [5.74, 6) is 0. The smallest absolute Gasteiger partial charge is 0.0470 e. The van der Waals surface area contributed by atoms with Crippen molar-refractivity contribution in [3.8, 4) is 0 Å². The van der Waals surface area contributed by atoms with E-state index >= 15 is 0 Å². The fraction of sp³-hybridized carbons (Fsp3) is 1.00. The molecule has 1 atom stereocenters. The molecule has 1 unspecified atom stereocenters. The number of likely N-dealkylation sites (N-methyl/N-ethyl adjacent to an activating group) is 1. The molecule has 2 saturated heterocycles. The molecule has 2 fully saturated rings. The highest BCUT2D eigenvalue weighted by Gasteiger charge is 2.40. The zero-order chi connectivity index (χ0) is 10.7. The van der Waals surface area contributed by atoms with Gasteiger partial charge in [-0.1, -0.05) is 12.8 Å². The minimum Gasteiger partial charge on any atom is -0.329 e. The summed E-state index contributed by atoms with van der Waals surface area (Å²) < 4.78 is 0. The summed E-state index contributed by atoms with van der Waals surface area (Å²) in [6, 6.07) is 0. The van der Waals surface area contributed by atoms with Gasteiger partial charge >= 0.3 is 0 Å². The summed E-state index contributed by atoms with van der Waals surface area (Å²) in [6.07, 6.45) is 6.82. The quantitative estimate of drug-likeness (QED) is 0.736. The number of nitrogens with two attached hydrogens (primary N) is 1. The highest BCUT2D eigenvalue weighted by molar-refractivity contribution is 4.99. The van der Waals surface area contributed by atoms with E-state index in [4.69, 9.17) is 5.73 Å². The molecule has 0 aromatic heterocycles. The summed E-state index contributed by atoms with van der Waals surface area (Å²) in [5, 5.41) is 0. The lowest BCUT2D eigenvalue weighted by Crippen LogP contribution is -2.55. The van der Waals surface area contributed by atoms with Gasteiger partial charge in [-0.25, -0.2) is 0 Å². The zero-order valence-electron chi connectivity index (χ0n) is 10.0. The Morgan fingerprint density at radius 1 is 1.07 bits per heavy atom. The van der Waals surface area contributed by atoms with Gasteiger partial charge in [0.1, 0.15) is 0 Å². The topological polar surface area (TPSA) is 32.5 Å². The maximum Gasteiger partial charge on any atom is 0.0470 e. The molecule has 2 rings (SSSR count). The van der Waals surface area contributed by atoms with Crippen LogP contribution in [-0.4, -0.2) is 55.1 Å². The van der Waals surface area contributed by atoms with Crippen molar-refractivity contribution in [1.29, 1.82) is 0 Å². The van der Waals surface area contributed by atoms with Gasteiger partial charge in [-0.05, 0) is 45.9 Å². The number of hydrogen-bond donors (Lipinski definition) is 1. The summed E-state index contributed by atoms with van der Waals surface area (Å²) in [4.78, 5) is 5.11. The van der Waals surface area contributed by atoms with Crippen LogP contribution in [0.25, 0.3) is 0 Å².